The molecule has 0 fully saturated rings. The van der Waals surface area contributed by atoms with E-state index in [-0.39, 0.29) is 21.1 Å². The Morgan fingerprint density at radius 1 is 1.24 bits per heavy atom. The number of hydrogen-bond donors (Lipinski definition) is 0. The van der Waals surface area contributed by atoms with Crippen LogP contribution in [0.4, 0.5) is 8.78 Å². The highest BCUT2D eigenvalue weighted by molar-refractivity contribution is 9.10. The van der Waals surface area contributed by atoms with E-state index in [0.717, 1.165) is 6.07 Å². The summed E-state index contributed by atoms with van der Waals surface area (Å²) in [5, 5.41) is 0.0802. The lowest BCUT2D eigenvalue weighted by atomic mass is 10.3. The van der Waals surface area contributed by atoms with Crippen LogP contribution in [-0.2, 0) is 0 Å². The average molecular weight is 322 g/mol. The molecule has 0 saturated carbocycles. The summed E-state index contributed by atoms with van der Waals surface area (Å²) in [6.07, 6.45) is 2.57. The van der Waals surface area contributed by atoms with Gasteiger partial charge >= 0.3 is 0 Å². The zero-order valence-electron chi connectivity index (χ0n) is 8.12. The Morgan fingerprint density at radius 2 is 2.00 bits per heavy atom. The van der Waals surface area contributed by atoms with E-state index < -0.39 is 11.6 Å². The molecule has 0 spiro atoms. The fraction of sp³-hybridized carbons (Fsp3) is 0. The van der Waals surface area contributed by atoms with Crippen molar-refractivity contribution in [1.82, 2.24) is 9.97 Å². The molecule has 0 aliphatic rings. The summed E-state index contributed by atoms with van der Waals surface area (Å²) < 4.78 is 31.2. The highest BCUT2D eigenvalue weighted by Crippen LogP contribution is 2.34. The van der Waals surface area contributed by atoms with E-state index >= 15 is 0 Å². The van der Waals surface area contributed by atoms with Crippen LogP contribution in [0.15, 0.2) is 29.1 Å². The van der Waals surface area contributed by atoms with Crippen molar-refractivity contribution in [2.75, 3.05) is 0 Å². The summed E-state index contributed by atoms with van der Waals surface area (Å²) in [6.45, 7) is 0. The van der Waals surface area contributed by atoms with Crippen LogP contribution in [0, 0.1) is 11.6 Å². The third kappa shape index (κ3) is 2.53. The molecule has 17 heavy (non-hydrogen) atoms. The standard InChI is InChI=1S/C10H4BrClF2N2O/c11-8-6(2-1-5(13)9(8)14)17-7-3-15-4-16-10(7)12/h1-4H. The maximum atomic E-state index is 13.2. The maximum Gasteiger partial charge on any atom is 0.183 e. The number of ether oxygens (including phenoxy) is 1. The smallest absolute Gasteiger partial charge is 0.183 e. The predicted molar refractivity (Wildman–Crippen MR) is 61.2 cm³/mol. The van der Waals surface area contributed by atoms with Crippen molar-refractivity contribution in [1.29, 1.82) is 0 Å². The average Bonchev–Trinajstić information content (AvgIpc) is 2.32. The van der Waals surface area contributed by atoms with Gasteiger partial charge in [0.1, 0.15) is 12.1 Å². The number of halogens is 4. The molecule has 3 nitrogen and oxygen atoms in total. The molecule has 0 saturated heterocycles. The lowest BCUT2D eigenvalue weighted by molar-refractivity contribution is 0.452. The van der Waals surface area contributed by atoms with E-state index in [2.05, 4.69) is 25.9 Å². The van der Waals surface area contributed by atoms with E-state index in [4.69, 9.17) is 16.3 Å². The topological polar surface area (TPSA) is 35.0 Å². The van der Waals surface area contributed by atoms with Gasteiger partial charge in [0.15, 0.2) is 22.5 Å². The Balaban J connectivity index is 2.38. The summed E-state index contributed by atoms with van der Waals surface area (Å²) in [4.78, 5) is 7.40. The minimum atomic E-state index is -1.03. The van der Waals surface area contributed by atoms with Gasteiger partial charge < -0.3 is 4.74 Å². The van der Waals surface area contributed by atoms with Gasteiger partial charge in [-0.3, -0.25) is 0 Å². The van der Waals surface area contributed by atoms with Gasteiger partial charge in [0.25, 0.3) is 0 Å². The highest BCUT2D eigenvalue weighted by atomic mass is 79.9. The SMILES string of the molecule is Fc1ccc(Oc2cncnc2Cl)c(Br)c1F. The molecule has 7 heteroatoms. The largest absolute Gasteiger partial charge is 0.451 e. The molecule has 0 unspecified atom stereocenters. The molecule has 2 rings (SSSR count). The van der Waals surface area contributed by atoms with Crippen LogP contribution < -0.4 is 4.74 Å². The first-order chi connectivity index (χ1) is 8.09. The van der Waals surface area contributed by atoms with Crippen LogP contribution in [-0.4, -0.2) is 9.97 Å². The van der Waals surface area contributed by atoms with Crippen LogP contribution in [0.1, 0.15) is 0 Å². The summed E-state index contributed by atoms with van der Waals surface area (Å²) in [5.74, 6) is -1.77. The number of hydrogen-bond acceptors (Lipinski definition) is 3. The van der Waals surface area contributed by atoms with Crippen molar-refractivity contribution in [3.8, 4) is 11.5 Å². The van der Waals surface area contributed by atoms with Gasteiger partial charge in [-0.25, -0.2) is 18.7 Å². The first-order valence-corrected chi connectivity index (χ1v) is 5.53. The van der Waals surface area contributed by atoms with Crippen molar-refractivity contribution in [3.63, 3.8) is 0 Å². The van der Waals surface area contributed by atoms with E-state index in [9.17, 15) is 8.78 Å². The van der Waals surface area contributed by atoms with E-state index in [1.807, 2.05) is 0 Å². The molecule has 0 radical (unpaired) electrons. The van der Waals surface area contributed by atoms with E-state index in [0.29, 0.717) is 0 Å². The van der Waals surface area contributed by atoms with Gasteiger partial charge in [-0.2, -0.15) is 0 Å². The second-order valence-corrected chi connectivity index (χ2v) is 4.10. The molecule has 2 aromatic rings. The van der Waals surface area contributed by atoms with Crippen molar-refractivity contribution in [2.45, 2.75) is 0 Å². The van der Waals surface area contributed by atoms with Gasteiger partial charge in [0.05, 0.1) is 10.7 Å². The predicted octanol–water partition coefficient (Wildman–Crippen LogP) is 3.96. The number of benzene rings is 1. The fourth-order valence-electron chi connectivity index (χ4n) is 1.08. The second-order valence-electron chi connectivity index (χ2n) is 2.95. The fourth-order valence-corrected chi connectivity index (χ4v) is 1.61. The van der Waals surface area contributed by atoms with E-state index in [1.165, 1.54) is 18.6 Å². The third-order valence-electron chi connectivity index (χ3n) is 1.85. The molecule has 0 bridgehead atoms. The Morgan fingerprint density at radius 3 is 2.71 bits per heavy atom. The molecule has 0 aliphatic carbocycles. The molecule has 0 amide bonds. The summed E-state index contributed by atoms with van der Waals surface area (Å²) in [5.41, 5.74) is 0. The van der Waals surface area contributed by atoms with Crippen LogP contribution in [0.5, 0.6) is 11.5 Å². The quantitative estimate of drug-likeness (QED) is 0.620. The van der Waals surface area contributed by atoms with Crippen molar-refractivity contribution >= 4 is 27.5 Å². The molecule has 0 aliphatic heterocycles. The Kier molecular flexibility index (Phi) is 3.54. The van der Waals surface area contributed by atoms with Gasteiger partial charge in [0, 0.05) is 0 Å². The first-order valence-electron chi connectivity index (χ1n) is 4.36. The maximum absolute atomic E-state index is 13.2. The molecule has 1 aromatic carbocycles. The monoisotopic (exact) mass is 320 g/mol. The van der Waals surface area contributed by atoms with Gasteiger partial charge in [-0.1, -0.05) is 11.6 Å². The van der Waals surface area contributed by atoms with Crippen LogP contribution in [0.2, 0.25) is 5.15 Å². The third-order valence-corrected chi connectivity index (χ3v) is 2.88. The van der Waals surface area contributed by atoms with Crippen LogP contribution in [0.25, 0.3) is 0 Å². The lowest BCUT2D eigenvalue weighted by Gasteiger charge is -2.08. The van der Waals surface area contributed by atoms with Crippen molar-refractivity contribution < 1.29 is 13.5 Å². The number of aromatic nitrogens is 2. The minimum Gasteiger partial charge on any atom is -0.451 e. The van der Waals surface area contributed by atoms with Crippen molar-refractivity contribution in [2.24, 2.45) is 0 Å². The minimum absolute atomic E-state index is 0.0802. The zero-order chi connectivity index (χ0) is 12.4. The summed E-state index contributed by atoms with van der Waals surface area (Å²) in [7, 11) is 0. The normalized spacial score (nSPS) is 10.4. The number of nitrogens with zero attached hydrogens (tertiary/aromatic N) is 2. The molecule has 0 atom stereocenters. The lowest BCUT2D eigenvalue weighted by Crippen LogP contribution is -1.93. The second kappa shape index (κ2) is 4.93. The van der Waals surface area contributed by atoms with Gasteiger partial charge in [-0.15, -0.1) is 0 Å². The molecule has 1 heterocycles. The van der Waals surface area contributed by atoms with Gasteiger partial charge in [-0.05, 0) is 28.1 Å². The first kappa shape index (κ1) is 12.2. The zero-order valence-corrected chi connectivity index (χ0v) is 10.5. The molecule has 0 N–H and O–H groups in total. The molecular formula is C10H4BrClF2N2O. The Labute approximate surface area is 109 Å². The highest BCUT2D eigenvalue weighted by Gasteiger charge is 2.14. The summed E-state index contributed by atoms with van der Waals surface area (Å²) >= 11 is 8.63. The van der Waals surface area contributed by atoms with Crippen LogP contribution >= 0.6 is 27.5 Å². The van der Waals surface area contributed by atoms with Gasteiger partial charge in [0.2, 0.25) is 0 Å². The van der Waals surface area contributed by atoms with E-state index in [1.54, 1.807) is 0 Å². The molecule has 88 valence electrons. The summed E-state index contributed by atoms with van der Waals surface area (Å²) in [6, 6.07) is 2.22. The Bertz CT molecular complexity index is 568. The van der Waals surface area contributed by atoms with Crippen molar-refractivity contribution in [3.05, 3.63) is 45.9 Å². The van der Waals surface area contributed by atoms with Crippen LogP contribution in [0.3, 0.4) is 0 Å². The Hall–Kier alpha value is -1.27. The molecular weight excluding hydrogens is 317 g/mol. The number of rotatable bonds is 2. The molecule has 1 aromatic heterocycles.